The minimum Gasteiger partial charge on any atom is -0.373 e. The van der Waals surface area contributed by atoms with Crippen LogP contribution in [0.2, 0.25) is 0 Å². The molecule has 0 spiro atoms. The normalized spacial score (nSPS) is 17.4. The molecule has 0 bridgehead atoms. The Morgan fingerprint density at radius 2 is 2.19 bits per heavy atom. The maximum atomic E-state index is 13.2. The summed E-state index contributed by atoms with van der Waals surface area (Å²) in [5.74, 6) is 5.27. The summed E-state index contributed by atoms with van der Waals surface area (Å²) in [5, 5.41) is 0. The van der Waals surface area contributed by atoms with E-state index in [0.717, 1.165) is 33.1 Å². The van der Waals surface area contributed by atoms with Crippen LogP contribution in [0.25, 0.3) is 0 Å². The molecule has 0 aliphatic carbocycles. The molecule has 31 heavy (non-hydrogen) atoms. The van der Waals surface area contributed by atoms with Crippen molar-refractivity contribution in [1.29, 1.82) is 0 Å². The number of hydrogen-bond donors (Lipinski definition) is 0. The van der Waals surface area contributed by atoms with Gasteiger partial charge >= 0.3 is 5.91 Å². The second kappa shape index (κ2) is 8.97. The highest BCUT2D eigenvalue weighted by molar-refractivity contribution is 14.1. The maximum Gasteiger partial charge on any atom is 0.308 e. The molecule has 1 atom stereocenters. The van der Waals surface area contributed by atoms with Crippen molar-refractivity contribution in [2.45, 2.75) is 46.3 Å². The molecule has 2 amide bonds. The fraction of sp³-hybridized carbons (Fsp3) is 0.375. The zero-order valence-corrected chi connectivity index (χ0v) is 20.0. The summed E-state index contributed by atoms with van der Waals surface area (Å²) in [7, 11) is 0. The van der Waals surface area contributed by atoms with Crippen molar-refractivity contribution in [3.8, 4) is 11.8 Å². The molecular weight excluding hydrogens is 505 g/mol. The molecule has 7 heteroatoms. The van der Waals surface area contributed by atoms with Crippen LogP contribution in [0.15, 0.2) is 24.3 Å². The fourth-order valence-electron chi connectivity index (χ4n) is 4.05. The Kier molecular flexibility index (Phi) is 6.30. The summed E-state index contributed by atoms with van der Waals surface area (Å²) in [6, 6.07) is 7.75. The summed E-state index contributed by atoms with van der Waals surface area (Å²) in [6.07, 6.45) is 1.80. The highest BCUT2D eigenvalue weighted by Crippen LogP contribution is 2.40. The number of rotatable bonds is 4. The molecule has 0 radical (unpaired) electrons. The van der Waals surface area contributed by atoms with E-state index in [-0.39, 0.29) is 17.9 Å². The second-order valence-corrected chi connectivity index (χ2v) is 8.84. The molecule has 1 unspecified atom stereocenters. The lowest BCUT2D eigenvalue weighted by atomic mass is 10.0. The lowest BCUT2D eigenvalue weighted by Gasteiger charge is -2.26. The zero-order chi connectivity index (χ0) is 22.1. The van der Waals surface area contributed by atoms with Crippen LogP contribution in [0.4, 0.5) is 11.5 Å². The van der Waals surface area contributed by atoms with Gasteiger partial charge < -0.3 is 9.64 Å². The van der Waals surface area contributed by atoms with Gasteiger partial charge in [0.05, 0.1) is 11.8 Å². The topological polar surface area (TPSA) is 62.7 Å². The molecule has 6 nitrogen and oxygen atoms in total. The third-order valence-corrected chi connectivity index (χ3v) is 6.85. The van der Waals surface area contributed by atoms with E-state index in [1.165, 1.54) is 4.90 Å². The molecule has 2 aliphatic heterocycles. The standard InChI is InChI=1S/C24H24IN3O3/c1-4-7-22(29)28(21-10-9-16-14-27(5-2)24(30)23(16)26-21)19-12-15(3)18(25)13-17(19)20-8-6-11-31-20/h9-10,12-13,20H,5-6,8,11,14H2,1-3H3. The van der Waals surface area contributed by atoms with Crippen LogP contribution in [0.3, 0.4) is 0 Å². The van der Waals surface area contributed by atoms with E-state index >= 15 is 0 Å². The summed E-state index contributed by atoms with van der Waals surface area (Å²) in [6.45, 7) is 7.46. The van der Waals surface area contributed by atoms with E-state index in [1.807, 2.05) is 26.0 Å². The Bertz CT molecular complexity index is 1110. The van der Waals surface area contributed by atoms with Gasteiger partial charge in [-0.05, 0) is 85.9 Å². The monoisotopic (exact) mass is 529 g/mol. The van der Waals surface area contributed by atoms with Gasteiger partial charge in [-0.25, -0.2) is 4.98 Å². The number of nitrogens with zero attached hydrogens (tertiary/aromatic N) is 3. The number of fused-ring (bicyclic) bond motifs is 1. The predicted octanol–water partition coefficient (Wildman–Crippen LogP) is 4.51. The number of carbonyl (C=O) groups is 2. The number of ether oxygens (including phenoxy) is 1. The number of pyridine rings is 1. The third-order valence-electron chi connectivity index (χ3n) is 5.69. The Morgan fingerprint density at radius 1 is 1.39 bits per heavy atom. The number of benzene rings is 1. The highest BCUT2D eigenvalue weighted by Gasteiger charge is 2.32. The van der Waals surface area contributed by atoms with Crippen molar-refractivity contribution in [2.24, 2.45) is 0 Å². The minimum absolute atomic E-state index is 0.0827. The molecular formula is C24H24IN3O3. The number of halogens is 1. The first-order valence-corrected chi connectivity index (χ1v) is 11.5. The molecule has 1 aromatic carbocycles. The van der Waals surface area contributed by atoms with Gasteiger partial charge in [0.25, 0.3) is 5.91 Å². The summed E-state index contributed by atoms with van der Waals surface area (Å²) in [5.41, 5.74) is 3.99. The van der Waals surface area contributed by atoms with Crippen LogP contribution in [0, 0.1) is 22.3 Å². The Morgan fingerprint density at radius 3 is 2.87 bits per heavy atom. The Balaban J connectivity index is 1.87. The average molecular weight is 529 g/mol. The van der Waals surface area contributed by atoms with Gasteiger partial charge in [-0.15, -0.1) is 0 Å². The molecule has 1 saturated heterocycles. The first kappa shape index (κ1) is 21.8. The second-order valence-electron chi connectivity index (χ2n) is 7.67. The quantitative estimate of drug-likeness (QED) is 0.432. The average Bonchev–Trinajstić information content (AvgIpc) is 3.39. The first-order valence-electron chi connectivity index (χ1n) is 10.4. The SMILES string of the molecule is CC#CC(=O)N(c1ccc2c(n1)C(=O)N(CC)C2)c1cc(C)c(I)cc1C1CCCO1. The van der Waals surface area contributed by atoms with Crippen molar-refractivity contribution in [1.82, 2.24) is 9.88 Å². The molecule has 0 saturated carbocycles. The first-order chi connectivity index (χ1) is 14.9. The number of amides is 2. The van der Waals surface area contributed by atoms with E-state index in [4.69, 9.17) is 4.74 Å². The molecule has 0 N–H and O–H groups in total. The number of aromatic nitrogens is 1. The number of anilines is 2. The number of aryl methyl sites for hydroxylation is 1. The van der Waals surface area contributed by atoms with Gasteiger partial charge in [0, 0.05) is 34.4 Å². The summed E-state index contributed by atoms with van der Waals surface area (Å²) in [4.78, 5) is 33.8. The molecule has 3 heterocycles. The van der Waals surface area contributed by atoms with Crippen molar-refractivity contribution in [3.63, 3.8) is 0 Å². The van der Waals surface area contributed by atoms with Crippen LogP contribution >= 0.6 is 22.6 Å². The minimum atomic E-state index is -0.382. The van der Waals surface area contributed by atoms with Crippen LogP contribution in [0.1, 0.15) is 60.0 Å². The number of carbonyl (C=O) groups excluding carboxylic acids is 2. The number of hydrogen-bond acceptors (Lipinski definition) is 4. The largest absolute Gasteiger partial charge is 0.373 e. The highest BCUT2D eigenvalue weighted by atomic mass is 127. The summed E-state index contributed by atoms with van der Waals surface area (Å²) < 4.78 is 7.07. The predicted molar refractivity (Wildman–Crippen MR) is 127 cm³/mol. The lowest BCUT2D eigenvalue weighted by Crippen LogP contribution is -2.28. The van der Waals surface area contributed by atoms with Crippen LogP contribution in [-0.2, 0) is 16.1 Å². The molecule has 4 rings (SSSR count). The summed E-state index contributed by atoms with van der Waals surface area (Å²) >= 11 is 2.31. The Labute approximate surface area is 196 Å². The lowest BCUT2D eigenvalue weighted by molar-refractivity contribution is -0.112. The van der Waals surface area contributed by atoms with Crippen molar-refractivity contribution >= 4 is 45.9 Å². The van der Waals surface area contributed by atoms with Crippen LogP contribution in [0.5, 0.6) is 0 Å². The maximum absolute atomic E-state index is 13.2. The molecule has 2 aliphatic rings. The smallest absolute Gasteiger partial charge is 0.308 e. The van der Waals surface area contributed by atoms with E-state index in [0.29, 0.717) is 36.9 Å². The molecule has 1 aromatic heterocycles. The molecule has 2 aromatic rings. The van der Waals surface area contributed by atoms with E-state index in [9.17, 15) is 9.59 Å². The molecule has 160 valence electrons. The van der Waals surface area contributed by atoms with Crippen molar-refractivity contribution in [3.05, 3.63) is 50.2 Å². The van der Waals surface area contributed by atoms with Gasteiger partial charge in [0.2, 0.25) is 0 Å². The molecule has 1 fully saturated rings. The van der Waals surface area contributed by atoms with Gasteiger partial charge in [-0.3, -0.25) is 14.5 Å². The van der Waals surface area contributed by atoms with Gasteiger partial charge in [-0.2, -0.15) is 0 Å². The van der Waals surface area contributed by atoms with E-state index < -0.39 is 0 Å². The fourth-order valence-corrected chi connectivity index (χ4v) is 4.54. The Hall–Kier alpha value is -2.44. The van der Waals surface area contributed by atoms with E-state index in [2.05, 4.69) is 45.5 Å². The van der Waals surface area contributed by atoms with Crippen molar-refractivity contribution < 1.29 is 14.3 Å². The third kappa shape index (κ3) is 4.06. The van der Waals surface area contributed by atoms with E-state index in [1.54, 1.807) is 17.9 Å². The van der Waals surface area contributed by atoms with Crippen molar-refractivity contribution in [2.75, 3.05) is 18.1 Å². The van der Waals surface area contributed by atoms with Gasteiger partial charge in [-0.1, -0.05) is 12.0 Å². The van der Waals surface area contributed by atoms with Crippen LogP contribution in [-0.4, -0.2) is 34.8 Å². The van der Waals surface area contributed by atoms with Gasteiger partial charge in [0.1, 0.15) is 11.5 Å². The van der Waals surface area contributed by atoms with Crippen LogP contribution < -0.4 is 4.90 Å². The van der Waals surface area contributed by atoms with Gasteiger partial charge in [0.15, 0.2) is 0 Å². The zero-order valence-electron chi connectivity index (χ0n) is 17.9.